The molecule has 0 radical (unpaired) electrons. The van der Waals surface area contributed by atoms with E-state index >= 15 is 0 Å². The Morgan fingerprint density at radius 3 is 2.19 bits per heavy atom. The summed E-state index contributed by atoms with van der Waals surface area (Å²) in [7, 11) is 0. The van der Waals surface area contributed by atoms with Gasteiger partial charge >= 0.3 is 11.9 Å². The molecule has 6 heteroatoms. The predicted octanol–water partition coefficient (Wildman–Crippen LogP) is 2.29. The Hall–Kier alpha value is -1.59. The van der Waals surface area contributed by atoms with Crippen LogP contribution in [0.2, 0.25) is 5.02 Å². The maximum atomic E-state index is 12.0. The molecule has 5 nitrogen and oxygen atoms in total. The van der Waals surface area contributed by atoms with Gasteiger partial charge in [-0.05, 0) is 38.5 Å². The summed E-state index contributed by atoms with van der Waals surface area (Å²) in [5, 5.41) is 11.1. The third kappa shape index (κ3) is 4.19. The van der Waals surface area contributed by atoms with Gasteiger partial charge in [0, 0.05) is 5.02 Å². The fraction of sp³-hybridized carbons (Fsp3) is 0.467. The van der Waals surface area contributed by atoms with E-state index in [9.17, 15) is 14.7 Å². The topological polar surface area (TPSA) is 72.8 Å². The van der Waals surface area contributed by atoms with Gasteiger partial charge in [-0.3, -0.25) is 9.59 Å². The second-order valence-electron chi connectivity index (χ2n) is 4.59. The first kappa shape index (κ1) is 17.5. The van der Waals surface area contributed by atoms with Gasteiger partial charge in [0.1, 0.15) is 5.60 Å². The average Bonchev–Trinajstić information content (AvgIpc) is 2.39. The van der Waals surface area contributed by atoms with E-state index in [0.717, 1.165) is 0 Å². The SMILES string of the molecule is CCOC(=O)C(C(=O)OCC)C(C)(O)c1cccc(Cl)c1. The molecule has 0 aliphatic carbocycles. The molecule has 1 unspecified atom stereocenters. The van der Waals surface area contributed by atoms with Crippen LogP contribution in [0.3, 0.4) is 0 Å². The number of carbonyl (C=O) groups is 2. The molecule has 1 atom stereocenters. The van der Waals surface area contributed by atoms with Crippen molar-refractivity contribution in [3.05, 3.63) is 34.9 Å². The lowest BCUT2D eigenvalue weighted by atomic mass is 9.82. The quantitative estimate of drug-likeness (QED) is 0.644. The van der Waals surface area contributed by atoms with Crippen LogP contribution in [0, 0.1) is 5.92 Å². The number of hydrogen-bond donors (Lipinski definition) is 1. The molecule has 0 amide bonds. The van der Waals surface area contributed by atoms with Crippen molar-refractivity contribution in [1.82, 2.24) is 0 Å². The van der Waals surface area contributed by atoms with Crippen LogP contribution < -0.4 is 0 Å². The van der Waals surface area contributed by atoms with E-state index in [1.54, 1.807) is 32.0 Å². The van der Waals surface area contributed by atoms with Crippen LogP contribution in [-0.2, 0) is 24.7 Å². The van der Waals surface area contributed by atoms with Crippen LogP contribution in [0.4, 0.5) is 0 Å². The van der Waals surface area contributed by atoms with Gasteiger partial charge < -0.3 is 14.6 Å². The number of aliphatic hydroxyl groups is 1. The zero-order valence-electron chi connectivity index (χ0n) is 12.3. The first-order chi connectivity index (χ1) is 9.84. The van der Waals surface area contributed by atoms with E-state index in [1.165, 1.54) is 13.0 Å². The number of ether oxygens (including phenoxy) is 2. The molecule has 0 spiro atoms. The maximum Gasteiger partial charge on any atom is 0.323 e. The predicted molar refractivity (Wildman–Crippen MR) is 77.8 cm³/mol. The van der Waals surface area contributed by atoms with Crippen molar-refractivity contribution in [2.45, 2.75) is 26.4 Å². The highest BCUT2D eigenvalue weighted by molar-refractivity contribution is 6.30. The van der Waals surface area contributed by atoms with E-state index in [1.807, 2.05) is 0 Å². The molecule has 0 aliphatic rings. The summed E-state index contributed by atoms with van der Waals surface area (Å²) in [6.45, 7) is 4.79. The number of benzene rings is 1. The normalized spacial score (nSPS) is 13.6. The van der Waals surface area contributed by atoms with E-state index < -0.39 is 23.5 Å². The fourth-order valence-corrected chi connectivity index (χ4v) is 2.17. The molecule has 1 rings (SSSR count). The molecule has 116 valence electrons. The Morgan fingerprint density at radius 1 is 1.24 bits per heavy atom. The van der Waals surface area contributed by atoms with Crippen molar-refractivity contribution in [2.75, 3.05) is 13.2 Å². The fourth-order valence-electron chi connectivity index (χ4n) is 1.98. The zero-order valence-corrected chi connectivity index (χ0v) is 13.0. The third-order valence-corrected chi connectivity index (χ3v) is 3.25. The standard InChI is InChI=1S/C15H19ClO5/c1-4-20-13(17)12(14(18)21-5-2)15(3,19)10-7-6-8-11(16)9-10/h6-9,12,19H,4-5H2,1-3H3. The Morgan fingerprint density at radius 2 is 1.76 bits per heavy atom. The number of esters is 2. The van der Waals surface area contributed by atoms with Crippen LogP contribution >= 0.6 is 11.6 Å². The molecule has 0 bridgehead atoms. The third-order valence-electron chi connectivity index (χ3n) is 3.02. The summed E-state index contributed by atoms with van der Waals surface area (Å²) < 4.78 is 9.75. The Labute approximate surface area is 128 Å². The van der Waals surface area contributed by atoms with Crippen LogP contribution in [0.1, 0.15) is 26.3 Å². The summed E-state index contributed by atoms with van der Waals surface area (Å²) in [6.07, 6.45) is 0. The molecule has 0 saturated heterocycles. The summed E-state index contributed by atoms with van der Waals surface area (Å²) in [5.74, 6) is -3.14. The van der Waals surface area contributed by atoms with E-state index in [0.29, 0.717) is 10.6 Å². The summed E-state index contributed by atoms with van der Waals surface area (Å²) >= 11 is 5.89. The second-order valence-corrected chi connectivity index (χ2v) is 5.03. The molecule has 21 heavy (non-hydrogen) atoms. The smallest absolute Gasteiger partial charge is 0.323 e. The lowest BCUT2D eigenvalue weighted by Crippen LogP contribution is -2.44. The minimum Gasteiger partial charge on any atom is -0.465 e. The van der Waals surface area contributed by atoms with E-state index in [-0.39, 0.29) is 13.2 Å². The van der Waals surface area contributed by atoms with Crippen molar-refractivity contribution in [1.29, 1.82) is 0 Å². The van der Waals surface area contributed by atoms with Crippen molar-refractivity contribution in [3.8, 4) is 0 Å². The van der Waals surface area contributed by atoms with Crippen molar-refractivity contribution >= 4 is 23.5 Å². The number of hydrogen-bond acceptors (Lipinski definition) is 5. The van der Waals surface area contributed by atoms with Gasteiger partial charge in [-0.25, -0.2) is 0 Å². The number of rotatable bonds is 6. The van der Waals surface area contributed by atoms with Gasteiger partial charge in [-0.2, -0.15) is 0 Å². The van der Waals surface area contributed by atoms with Gasteiger partial charge in [0.25, 0.3) is 0 Å². The highest BCUT2D eigenvalue weighted by Gasteiger charge is 2.46. The Balaban J connectivity index is 3.22. The van der Waals surface area contributed by atoms with Crippen molar-refractivity contribution in [2.24, 2.45) is 5.92 Å². The molecule has 0 fully saturated rings. The molecular formula is C15H19ClO5. The summed E-state index contributed by atoms with van der Waals surface area (Å²) in [4.78, 5) is 24.1. The Bertz CT molecular complexity index is 495. The molecule has 1 N–H and O–H groups in total. The average molecular weight is 315 g/mol. The highest BCUT2D eigenvalue weighted by Crippen LogP contribution is 2.32. The summed E-state index contributed by atoms with van der Waals surface area (Å²) in [6, 6.07) is 6.33. The minimum atomic E-state index is -1.79. The molecule has 0 saturated carbocycles. The van der Waals surface area contributed by atoms with Gasteiger partial charge in [-0.1, -0.05) is 23.7 Å². The van der Waals surface area contributed by atoms with E-state index in [2.05, 4.69) is 0 Å². The first-order valence-corrected chi connectivity index (χ1v) is 7.04. The van der Waals surface area contributed by atoms with Crippen LogP contribution in [0.25, 0.3) is 0 Å². The molecular weight excluding hydrogens is 296 g/mol. The molecule has 0 aromatic heterocycles. The monoisotopic (exact) mass is 314 g/mol. The van der Waals surface area contributed by atoms with E-state index in [4.69, 9.17) is 21.1 Å². The van der Waals surface area contributed by atoms with Gasteiger partial charge in [0.2, 0.25) is 0 Å². The maximum absolute atomic E-state index is 12.0. The molecule has 0 aliphatic heterocycles. The zero-order chi connectivity index (χ0) is 16.0. The lowest BCUT2D eigenvalue weighted by Gasteiger charge is -2.30. The second kappa shape index (κ2) is 7.43. The lowest BCUT2D eigenvalue weighted by molar-refractivity contribution is -0.174. The molecule has 1 aromatic rings. The van der Waals surface area contributed by atoms with Crippen molar-refractivity contribution < 1.29 is 24.2 Å². The highest BCUT2D eigenvalue weighted by atomic mass is 35.5. The largest absolute Gasteiger partial charge is 0.465 e. The van der Waals surface area contributed by atoms with Crippen LogP contribution in [-0.4, -0.2) is 30.3 Å². The first-order valence-electron chi connectivity index (χ1n) is 6.66. The van der Waals surface area contributed by atoms with Crippen LogP contribution in [0.5, 0.6) is 0 Å². The molecule has 0 heterocycles. The Kier molecular flexibility index (Phi) is 6.18. The molecule has 1 aromatic carbocycles. The van der Waals surface area contributed by atoms with Crippen LogP contribution in [0.15, 0.2) is 24.3 Å². The van der Waals surface area contributed by atoms with Gasteiger partial charge in [-0.15, -0.1) is 0 Å². The van der Waals surface area contributed by atoms with Crippen molar-refractivity contribution in [3.63, 3.8) is 0 Å². The summed E-state index contributed by atoms with van der Waals surface area (Å²) in [5.41, 5.74) is -1.45. The van der Waals surface area contributed by atoms with Gasteiger partial charge in [0.05, 0.1) is 13.2 Å². The van der Waals surface area contributed by atoms with Gasteiger partial charge in [0.15, 0.2) is 5.92 Å². The number of carbonyl (C=O) groups excluding carboxylic acids is 2. The number of halogens is 1. The minimum absolute atomic E-state index is 0.0976.